The number of halogens is 5. The van der Waals surface area contributed by atoms with E-state index in [0.717, 1.165) is 6.07 Å². The average Bonchev–Trinajstić information content (AvgIpc) is 2.60. The highest BCUT2D eigenvalue weighted by atomic mass is 79.9. The molecule has 0 bridgehead atoms. The van der Waals surface area contributed by atoms with Crippen molar-refractivity contribution in [1.82, 2.24) is 4.90 Å². The fourth-order valence-corrected chi connectivity index (χ4v) is 2.71. The number of amides is 2. The molecule has 0 saturated heterocycles. The lowest BCUT2D eigenvalue weighted by atomic mass is 10.1. The molecule has 0 heterocycles. The van der Waals surface area contributed by atoms with Crippen LogP contribution in [0.25, 0.3) is 0 Å². The van der Waals surface area contributed by atoms with Gasteiger partial charge in [-0.05, 0) is 42.8 Å². The van der Waals surface area contributed by atoms with Crippen LogP contribution in [0.3, 0.4) is 0 Å². The molecular formula is C18H15BrF4N2O2. The van der Waals surface area contributed by atoms with Gasteiger partial charge in [0, 0.05) is 23.2 Å². The summed E-state index contributed by atoms with van der Waals surface area (Å²) >= 11 is 3.15. The number of alkyl halides is 3. The minimum Gasteiger partial charge on any atom is -0.331 e. The Morgan fingerprint density at radius 2 is 1.85 bits per heavy atom. The van der Waals surface area contributed by atoms with E-state index in [1.165, 1.54) is 43.3 Å². The minimum absolute atomic E-state index is 0.127. The molecule has 2 amide bonds. The van der Waals surface area contributed by atoms with Crippen LogP contribution in [-0.4, -0.2) is 29.4 Å². The zero-order valence-corrected chi connectivity index (χ0v) is 15.7. The molecular weight excluding hydrogens is 432 g/mol. The van der Waals surface area contributed by atoms with Gasteiger partial charge in [-0.25, -0.2) is 4.39 Å². The summed E-state index contributed by atoms with van der Waals surface area (Å²) in [5, 5.41) is 2.49. The molecule has 4 nitrogen and oxygen atoms in total. The van der Waals surface area contributed by atoms with Gasteiger partial charge < -0.3 is 10.2 Å². The Hall–Kier alpha value is -2.42. The third-order valence-electron chi connectivity index (χ3n) is 3.64. The molecule has 2 aromatic carbocycles. The zero-order chi connectivity index (χ0) is 20.2. The molecule has 0 radical (unpaired) electrons. The van der Waals surface area contributed by atoms with Gasteiger partial charge in [-0.1, -0.05) is 28.1 Å². The van der Waals surface area contributed by atoms with Gasteiger partial charge in [-0.3, -0.25) is 9.59 Å². The second-order valence-electron chi connectivity index (χ2n) is 5.60. The van der Waals surface area contributed by atoms with E-state index in [2.05, 4.69) is 21.2 Å². The molecule has 0 unspecified atom stereocenters. The summed E-state index contributed by atoms with van der Waals surface area (Å²) in [4.78, 5) is 24.3. The van der Waals surface area contributed by atoms with Gasteiger partial charge >= 0.3 is 12.1 Å². The number of hydrogen-bond donors (Lipinski definition) is 1. The molecule has 0 aliphatic rings. The molecule has 9 heteroatoms. The van der Waals surface area contributed by atoms with E-state index in [-0.39, 0.29) is 24.3 Å². The van der Waals surface area contributed by atoms with Crippen LogP contribution in [0, 0.1) is 5.82 Å². The van der Waals surface area contributed by atoms with E-state index >= 15 is 0 Å². The summed E-state index contributed by atoms with van der Waals surface area (Å²) in [6, 6.07) is 9.89. The first kappa shape index (κ1) is 20.9. The van der Waals surface area contributed by atoms with Crippen molar-refractivity contribution < 1.29 is 27.2 Å². The molecule has 0 aliphatic heterocycles. The molecule has 0 spiro atoms. The number of anilines is 1. The minimum atomic E-state index is -4.96. The normalized spacial score (nSPS) is 11.2. The smallest absolute Gasteiger partial charge is 0.331 e. The molecule has 27 heavy (non-hydrogen) atoms. The van der Waals surface area contributed by atoms with Crippen molar-refractivity contribution in [3.8, 4) is 0 Å². The SMILES string of the molecule is CCN(Cc1cccc(NC(=O)c2cc(Br)ccc2F)c1)C(=O)C(F)(F)F. The van der Waals surface area contributed by atoms with E-state index in [4.69, 9.17) is 0 Å². The van der Waals surface area contributed by atoms with Crippen LogP contribution in [-0.2, 0) is 11.3 Å². The molecule has 0 aromatic heterocycles. The van der Waals surface area contributed by atoms with Crippen molar-refractivity contribution in [2.24, 2.45) is 0 Å². The number of benzene rings is 2. The van der Waals surface area contributed by atoms with Crippen LogP contribution in [0.15, 0.2) is 46.9 Å². The monoisotopic (exact) mass is 446 g/mol. The first-order chi connectivity index (χ1) is 12.6. The Balaban J connectivity index is 2.16. The van der Waals surface area contributed by atoms with Crippen LogP contribution in [0.4, 0.5) is 23.2 Å². The van der Waals surface area contributed by atoms with Crippen molar-refractivity contribution in [2.45, 2.75) is 19.6 Å². The number of nitrogens with zero attached hydrogens (tertiary/aromatic N) is 1. The maximum Gasteiger partial charge on any atom is 0.471 e. The number of hydrogen-bond acceptors (Lipinski definition) is 2. The summed E-state index contributed by atoms with van der Waals surface area (Å²) in [5.74, 6) is -3.35. The molecule has 0 saturated carbocycles. The topological polar surface area (TPSA) is 49.4 Å². The molecule has 2 aromatic rings. The van der Waals surface area contributed by atoms with Gasteiger partial charge in [0.15, 0.2) is 0 Å². The lowest BCUT2D eigenvalue weighted by Gasteiger charge is -2.22. The molecule has 0 fully saturated rings. The second kappa shape index (κ2) is 8.51. The van der Waals surface area contributed by atoms with E-state index in [0.29, 0.717) is 14.9 Å². The second-order valence-corrected chi connectivity index (χ2v) is 6.51. The van der Waals surface area contributed by atoms with E-state index in [1.807, 2.05) is 0 Å². The fraction of sp³-hybridized carbons (Fsp3) is 0.222. The van der Waals surface area contributed by atoms with Crippen LogP contribution in [0.5, 0.6) is 0 Å². The standard InChI is InChI=1S/C18H15BrF4N2O2/c1-2-25(17(27)18(21,22)23)10-11-4-3-5-13(8-11)24-16(26)14-9-12(19)6-7-15(14)20/h3-9H,2,10H2,1H3,(H,24,26). The van der Waals surface area contributed by atoms with Gasteiger partial charge in [0.2, 0.25) is 0 Å². The van der Waals surface area contributed by atoms with E-state index in [9.17, 15) is 27.2 Å². The Kier molecular flexibility index (Phi) is 6.59. The van der Waals surface area contributed by atoms with Gasteiger partial charge in [0.05, 0.1) is 5.56 Å². The van der Waals surface area contributed by atoms with Crippen LogP contribution in [0.1, 0.15) is 22.8 Å². The van der Waals surface area contributed by atoms with Crippen molar-refractivity contribution in [2.75, 3.05) is 11.9 Å². The first-order valence-electron chi connectivity index (χ1n) is 7.83. The van der Waals surface area contributed by atoms with Crippen molar-refractivity contribution in [3.63, 3.8) is 0 Å². The predicted octanol–water partition coefficient (Wildman–Crippen LogP) is 4.75. The number of nitrogens with one attached hydrogen (secondary N) is 1. The highest BCUT2D eigenvalue weighted by Crippen LogP contribution is 2.22. The van der Waals surface area contributed by atoms with Crippen LogP contribution >= 0.6 is 15.9 Å². The molecule has 1 N–H and O–H groups in total. The zero-order valence-electron chi connectivity index (χ0n) is 14.1. The van der Waals surface area contributed by atoms with Gasteiger partial charge in [0.25, 0.3) is 5.91 Å². The summed E-state index contributed by atoms with van der Waals surface area (Å²) in [6.07, 6.45) is -4.96. The maximum absolute atomic E-state index is 13.8. The molecule has 2 rings (SSSR count). The van der Waals surface area contributed by atoms with Crippen LogP contribution < -0.4 is 5.32 Å². The third-order valence-corrected chi connectivity index (χ3v) is 4.14. The molecule has 0 aliphatic carbocycles. The molecule has 0 atom stereocenters. The maximum atomic E-state index is 13.8. The number of rotatable bonds is 5. The van der Waals surface area contributed by atoms with Crippen molar-refractivity contribution >= 4 is 33.4 Å². The Morgan fingerprint density at radius 3 is 2.48 bits per heavy atom. The van der Waals surface area contributed by atoms with E-state index < -0.39 is 23.8 Å². The van der Waals surface area contributed by atoms with Gasteiger partial charge in [-0.15, -0.1) is 0 Å². The number of carbonyl (C=O) groups excluding carboxylic acids is 2. The molecule has 144 valence electrons. The van der Waals surface area contributed by atoms with E-state index in [1.54, 1.807) is 0 Å². The fourth-order valence-electron chi connectivity index (χ4n) is 2.34. The van der Waals surface area contributed by atoms with Gasteiger partial charge in [0.1, 0.15) is 5.82 Å². The summed E-state index contributed by atoms with van der Waals surface area (Å²) in [7, 11) is 0. The largest absolute Gasteiger partial charge is 0.471 e. The highest BCUT2D eigenvalue weighted by molar-refractivity contribution is 9.10. The summed E-state index contributed by atoms with van der Waals surface area (Å²) in [6.45, 7) is 1.04. The lowest BCUT2D eigenvalue weighted by molar-refractivity contribution is -0.185. The quantitative estimate of drug-likeness (QED) is 0.673. The summed E-state index contributed by atoms with van der Waals surface area (Å²) < 4.78 is 52.1. The Morgan fingerprint density at radius 1 is 1.15 bits per heavy atom. The third kappa shape index (κ3) is 5.53. The lowest BCUT2D eigenvalue weighted by Crippen LogP contribution is -2.40. The predicted molar refractivity (Wildman–Crippen MR) is 95.6 cm³/mol. The van der Waals surface area contributed by atoms with Crippen molar-refractivity contribution in [3.05, 3.63) is 63.9 Å². The Labute approximate surface area is 161 Å². The highest BCUT2D eigenvalue weighted by Gasteiger charge is 2.41. The Bertz CT molecular complexity index is 855. The first-order valence-corrected chi connectivity index (χ1v) is 8.62. The van der Waals surface area contributed by atoms with Crippen LogP contribution in [0.2, 0.25) is 0 Å². The van der Waals surface area contributed by atoms with Crippen molar-refractivity contribution in [1.29, 1.82) is 0 Å². The number of carbonyl (C=O) groups is 2. The average molecular weight is 447 g/mol. The summed E-state index contributed by atoms with van der Waals surface area (Å²) in [5.41, 5.74) is 0.478. The van der Waals surface area contributed by atoms with Gasteiger partial charge in [-0.2, -0.15) is 13.2 Å².